The van der Waals surface area contributed by atoms with Gasteiger partial charge in [-0.15, -0.1) is 0 Å². The fraction of sp³-hybridized carbons (Fsp3) is 0.300. The van der Waals surface area contributed by atoms with Crippen molar-refractivity contribution < 1.29 is 17.3 Å². The minimum absolute atomic E-state index is 0.0112. The summed E-state index contributed by atoms with van der Waals surface area (Å²) >= 11 is 0. The maximum absolute atomic E-state index is 13.6. The molecule has 1 heterocycles. The standard InChI is InChI=1S/C20H20FN3O3S/c1-11-4-7-13(21)10-15(11)18-23-19(27-24-18)17-16(20(17,2)3)12-5-8-14(9-6-12)28(22,25)26/h4-10,16-17H,1-3H3,(H2,22,25,26)/t16-,17+/m1/s1. The van der Waals surface area contributed by atoms with Gasteiger partial charge in [0.1, 0.15) is 5.82 Å². The third kappa shape index (κ3) is 3.12. The summed E-state index contributed by atoms with van der Waals surface area (Å²) in [5.41, 5.74) is 2.30. The van der Waals surface area contributed by atoms with Gasteiger partial charge in [0.05, 0.1) is 10.8 Å². The van der Waals surface area contributed by atoms with Crippen LogP contribution in [0.3, 0.4) is 0 Å². The summed E-state index contributed by atoms with van der Waals surface area (Å²) in [6.45, 7) is 6.04. The van der Waals surface area contributed by atoms with Crippen LogP contribution >= 0.6 is 0 Å². The average Bonchev–Trinajstić information content (AvgIpc) is 2.97. The molecule has 2 atom stereocenters. The summed E-state index contributed by atoms with van der Waals surface area (Å²) in [6.07, 6.45) is 0. The van der Waals surface area contributed by atoms with Crippen LogP contribution in [0, 0.1) is 18.2 Å². The summed E-state index contributed by atoms with van der Waals surface area (Å²) in [5.74, 6) is 0.584. The Balaban J connectivity index is 1.64. The topological polar surface area (TPSA) is 99.1 Å². The number of nitrogens with two attached hydrogens (primary N) is 1. The highest BCUT2D eigenvalue weighted by atomic mass is 32.2. The number of sulfonamides is 1. The van der Waals surface area contributed by atoms with Gasteiger partial charge < -0.3 is 4.52 Å². The third-order valence-corrected chi connectivity index (χ3v) is 6.47. The van der Waals surface area contributed by atoms with Crippen molar-refractivity contribution in [1.82, 2.24) is 10.1 Å². The summed E-state index contributed by atoms with van der Waals surface area (Å²) in [5, 5.41) is 9.20. The molecule has 4 rings (SSSR count). The van der Waals surface area contributed by atoms with Crippen molar-refractivity contribution in [2.24, 2.45) is 10.6 Å². The number of nitrogens with zero attached hydrogens (tertiary/aromatic N) is 2. The number of primary sulfonamides is 1. The van der Waals surface area contributed by atoms with Crippen LogP contribution in [0.15, 0.2) is 51.9 Å². The van der Waals surface area contributed by atoms with Gasteiger partial charge in [-0.05, 0) is 47.7 Å². The van der Waals surface area contributed by atoms with E-state index in [9.17, 15) is 12.8 Å². The van der Waals surface area contributed by atoms with Crippen LogP contribution in [-0.2, 0) is 10.0 Å². The molecule has 0 bridgehead atoms. The van der Waals surface area contributed by atoms with Gasteiger partial charge in [0.2, 0.25) is 21.7 Å². The smallest absolute Gasteiger partial charge is 0.238 e. The predicted octanol–water partition coefficient (Wildman–Crippen LogP) is 3.74. The van der Waals surface area contributed by atoms with Gasteiger partial charge in [-0.25, -0.2) is 17.9 Å². The molecule has 2 N–H and O–H groups in total. The zero-order valence-corrected chi connectivity index (χ0v) is 16.5. The molecule has 1 aliphatic carbocycles. The third-order valence-electron chi connectivity index (χ3n) is 5.54. The summed E-state index contributed by atoms with van der Waals surface area (Å²) in [7, 11) is -3.73. The first-order chi connectivity index (χ1) is 13.1. The molecule has 0 spiro atoms. The van der Waals surface area contributed by atoms with Gasteiger partial charge in [-0.2, -0.15) is 4.98 Å². The van der Waals surface area contributed by atoms with Crippen LogP contribution in [0.25, 0.3) is 11.4 Å². The van der Waals surface area contributed by atoms with E-state index >= 15 is 0 Å². The van der Waals surface area contributed by atoms with E-state index in [-0.39, 0.29) is 28.0 Å². The van der Waals surface area contributed by atoms with Crippen LogP contribution in [-0.4, -0.2) is 18.6 Å². The van der Waals surface area contributed by atoms with E-state index < -0.39 is 10.0 Å². The van der Waals surface area contributed by atoms with Crippen LogP contribution in [0.5, 0.6) is 0 Å². The van der Waals surface area contributed by atoms with E-state index in [1.807, 2.05) is 6.92 Å². The molecule has 0 aliphatic heterocycles. The van der Waals surface area contributed by atoms with Gasteiger partial charge >= 0.3 is 0 Å². The first-order valence-corrected chi connectivity index (χ1v) is 10.4. The number of aryl methyl sites for hydroxylation is 1. The lowest BCUT2D eigenvalue weighted by atomic mass is 10.0. The minimum Gasteiger partial charge on any atom is -0.339 e. The van der Waals surface area contributed by atoms with Crippen molar-refractivity contribution in [1.29, 1.82) is 0 Å². The molecule has 28 heavy (non-hydrogen) atoms. The highest BCUT2D eigenvalue weighted by Gasteiger charge is 2.62. The quantitative estimate of drug-likeness (QED) is 0.718. The Morgan fingerprint density at radius 3 is 2.43 bits per heavy atom. The molecule has 0 unspecified atom stereocenters. The Morgan fingerprint density at radius 2 is 1.79 bits per heavy atom. The normalized spacial score (nSPS) is 20.9. The van der Waals surface area contributed by atoms with Crippen LogP contribution < -0.4 is 5.14 Å². The van der Waals surface area contributed by atoms with E-state index in [0.29, 0.717) is 17.3 Å². The van der Waals surface area contributed by atoms with Crippen LogP contribution in [0.4, 0.5) is 4.39 Å². The minimum atomic E-state index is -3.73. The van der Waals surface area contributed by atoms with Gasteiger partial charge in [-0.1, -0.05) is 37.2 Å². The zero-order chi connectivity index (χ0) is 20.3. The van der Waals surface area contributed by atoms with E-state index in [2.05, 4.69) is 24.0 Å². The molecule has 1 fully saturated rings. The van der Waals surface area contributed by atoms with Crippen molar-refractivity contribution in [2.75, 3.05) is 0 Å². The fourth-order valence-corrected chi connectivity index (χ4v) is 4.41. The average molecular weight is 401 g/mol. The Morgan fingerprint density at radius 1 is 1.11 bits per heavy atom. The molecule has 3 aromatic rings. The monoisotopic (exact) mass is 401 g/mol. The van der Waals surface area contributed by atoms with Crippen LogP contribution in [0.1, 0.15) is 42.7 Å². The lowest BCUT2D eigenvalue weighted by molar-refractivity contribution is 0.368. The second-order valence-corrected chi connectivity index (χ2v) is 9.37. The molecule has 1 aliphatic rings. The number of rotatable bonds is 4. The maximum Gasteiger partial charge on any atom is 0.238 e. The number of benzene rings is 2. The van der Waals surface area contributed by atoms with Gasteiger partial charge in [0, 0.05) is 11.5 Å². The molecule has 0 saturated heterocycles. The molecule has 6 nitrogen and oxygen atoms in total. The van der Waals surface area contributed by atoms with E-state index in [4.69, 9.17) is 9.66 Å². The fourth-order valence-electron chi connectivity index (χ4n) is 3.89. The summed E-state index contributed by atoms with van der Waals surface area (Å²) in [6, 6.07) is 11.0. The molecular weight excluding hydrogens is 381 g/mol. The van der Waals surface area contributed by atoms with E-state index in [1.165, 1.54) is 24.3 Å². The molecule has 0 radical (unpaired) electrons. The lowest BCUT2D eigenvalue weighted by Crippen LogP contribution is -2.11. The van der Waals surface area contributed by atoms with E-state index in [1.54, 1.807) is 18.2 Å². The molecule has 0 amide bonds. The molecule has 1 saturated carbocycles. The van der Waals surface area contributed by atoms with Gasteiger partial charge in [-0.3, -0.25) is 0 Å². The van der Waals surface area contributed by atoms with E-state index in [0.717, 1.165) is 11.1 Å². The first kappa shape index (κ1) is 18.8. The molecule has 1 aromatic heterocycles. The summed E-state index contributed by atoms with van der Waals surface area (Å²) < 4.78 is 42.0. The van der Waals surface area contributed by atoms with Crippen molar-refractivity contribution in [3.63, 3.8) is 0 Å². The highest BCUT2D eigenvalue weighted by molar-refractivity contribution is 7.89. The second kappa shape index (κ2) is 6.22. The molecule has 146 valence electrons. The Bertz CT molecular complexity index is 1150. The molecular formula is C20H20FN3O3S. The summed E-state index contributed by atoms with van der Waals surface area (Å²) in [4.78, 5) is 4.59. The van der Waals surface area contributed by atoms with Crippen molar-refractivity contribution in [3.05, 3.63) is 65.3 Å². The number of aromatic nitrogens is 2. The van der Waals surface area contributed by atoms with Crippen molar-refractivity contribution >= 4 is 10.0 Å². The number of hydrogen-bond donors (Lipinski definition) is 1. The zero-order valence-electron chi connectivity index (χ0n) is 15.7. The maximum atomic E-state index is 13.6. The second-order valence-electron chi connectivity index (χ2n) is 7.81. The Labute approximate surface area is 162 Å². The Hall–Kier alpha value is -2.58. The first-order valence-electron chi connectivity index (χ1n) is 8.82. The highest BCUT2D eigenvalue weighted by Crippen LogP contribution is 2.69. The van der Waals surface area contributed by atoms with Gasteiger partial charge in [0.15, 0.2) is 0 Å². The predicted molar refractivity (Wildman–Crippen MR) is 102 cm³/mol. The largest absolute Gasteiger partial charge is 0.339 e. The van der Waals surface area contributed by atoms with Gasteiger partial charge in [0.25, 0.3) is 0 Å². The number of halogens is 1. The van der Waals surface area contributed by atoms with Crippen LogP contribution in [0.2, 0.25) is 0 Å². The molecule has 8 heteroatoms. The molecule has 2 aromatic carbocycles. The SMILES string of the molecule is Cc1ccc(F)cc1-c1noc([C@@H]2[C@@H](c3ccc(S(N)(=O)=O)cc3)C2(C)C)n1. The Kier molecular flexibility index (Phi) is 4.17. The van der Waals surface area contributed by atoms with Crippen molar-refractivity contribution in [3.8, 4) is 11.4 Å². The lowest BCUT2D eigenvalue weighted by Gasteiger charge is -2.04. The van der Waals surface area contributed by atoms with Crippen molar-refractivity contribution in [2.45, 2.75) is 37.5 Å². The number of hydrogen-bond acceptors (Lipinski definition) is 5.